The molecule has 1 atom stereocenters. The number of rotatable bonds is 6. The van der Waals surface area contributed by atoms with Crippen molar-refractivity contribution in [2.24, 2.45) is 5.73 Å². The number of hydrogen-bond donors (Lipinski definition) is 2. The monoisotopic (exact) mass is 265 g/mol. The molecule has 1 aromatic rings. The van der Waals surface area contributed by atoms with Gasteiger partial charge in [-0.1, -0.05) is 13.3 Å². The number of nitrogens with one attached hydrogen (secondary N) is 1. The maximum absolute atomic E-state index is 12.0. The fraction of sp³-hybridized carbons (Fsp3) is 0.462. The van der Waals surface area contributed by atoms with Crippen LogP contribution < -0.4 is 11.1 Å². The third-order valence-corrected chi connectivity index (χ3v) is 2.91. The Kier molecular flexibility index (Phi) is 5.44. The van der Waals surface area contributed by atoms with Crippen LogP contribution >= 0.6 is 0 Å². The number of nitrogens with zero attached hydrogens (tertiary/aromatic N) is 1. The van der Waals surface area contributed by atoms with Gasteiger partial charge >= 0.3 is 0 Å². The molecule has 0 aromatic heterocycles. The summed E-state index contributed by atoms with van der Waals surface area (Å²) in [5.41, 5.74) is 6.47. The van der Waals surface area contributed by atoms with Crippen molar-refractivity contribution in [3.8, 4) is 0 Å². The number of nitrogens with two attached hydrogens (primary N) is 1. The molecule has 6 heteroatoms. The quantitative estimate of drug-likeness (QED) is 0.604. The Bertz CT molecular complexity index is 474. The first-order valence-corrected chi connectivity index (χ1v) is 6.25. The van der Waals surface area contributed by atoms with Gasteiger partial charge in [-0.2, -0.15) is 0 Å². The Hall–Kier alpha value is -1.95. The molecule has 0 spiro atoms. The Labute approximate surface area is 112 Å². The molecular formula is C13H19N3O3. The smallest absolute Gasteiger partial charge is 0.272 e. The molecule has 0 fully saturated rings. The number of nitro groups is 1. The third-order valence-electron chi connectivity index (χ3n) is 2.91. The molecule has 0 saturated carbocycles. The molecule has 0 radical (unpaired) electrons. The molecule has 19 heavy (non-hydrogen) atoms. The van der Waals surface area contributed by atoms with E-state index in [4.69, 9.17) is 5.73 Å². The molecule has 6 nitrogen and oxygen atoms in total. The van der Waals surface area contributed by atoms with Crippen LogP contribution in [0.1, 0.15) is 35.7 Å². The van der Waals surface area contributed by atoms with Crippen LogP contribution in [0.4, 0.5) is 5.69 Å². The molecule has 1 aromatic carbocycles. The SMILES string of the molecule is CCCC(CN)NC(=O)c1ccc([N+](=O)[O-])c(C)c1. The van der Waals surface area contributed by atoms with E-state index in [2.05, 4.69) is 5.32 Å². The van der Waals surface area contributed by atoms with Gasteiger partial charge in [-0.05, 0) is 25.5 Å². The number of carbonyl (C=O) groups is 1. The minimum absolute atomic E-state index is 0.0143. The van der Waals surface area contributed by atoms with Crippen LogP contribution in [0.5, 0.6) is 0 Å². The van der Waals surface area contributed by atoms with Crippen molar-refractivity contribution in [2.45, 2.75) is 32.7 Å². The van der Waals surface area contributed by atoms with Gasteiger partial charge in [0.05, 0.1) is 4.92 Å². The highest BCUT2D eigenvalue weighted by molar-refractivity contribution is 5.94. The van der Waals surface area contributed by atoms with Crippen molar-refractivity contribution in [2.75, 3.05) is 6.54 Å². The van der Waals surface area contributed by atoms with Crippen LogP contribution in [0.15, 0.2) is 18.2 Å². The van der Waals surface area contributed by atoms with E-state index in [1.807, 2.05) is 6.92 Å². The standard InChI is InChI=1S/C13H19N3O3/c1-3-4-11(8-14)15-13(17)10-5-6-12(16(18)19)9(2)7-10/h5-7,11H,3-4,8,14H2,1-2H3,(H,15,17). The number of hydrogen-bond acceptors (Lipinski definition) is 4. The van der Waals surface area contributed by atoms with Crippen molar-refractivity contribution < 1.29 is 9.72 Å². The van der Waals surface area contributed by atoms with Crippen LogP contribution in [0.25, 0.3) is 0 Å². The van der Waals surface area contributed by atoms with Crippen molar-refractivity contribution in [3.63, 3.8) is 0 Å². The van der Waals surface area contributed by atoms with Crippen molar-refractivity contribution in [3.05, 3.63) is 39.4 Å². The normalized spacial score (nSPS) is 11.9. The zero-order valence-electron chi connectivity index (χ0n) is 11.2. The van der Waals surface area contributed by atoms with Gasteiger partial charge in [0.1, 0.15) is 0 Å². The number of carbonyl (C=O) groups excluding carboxylic acids is 1. The predicted molar refractivity (Wildman–Crippen MR) is 73.1 cm³/mol. The Balaban J connectivity index is 2.83. The Morgan fingerprint density at radius 2 is 2.21 bits per heavy atom. The predicted octanol–water partition coefficient (Wildman–Crippen LogP) is 1.76. The zero-order valence-corrected chi connectivity index (χ0v) is 11.2. The first-order valence-electron chi connectivity index (χ1n) is 6.25. The number of aryl methyl sites for hydroxylation is 1. The van der Waals surface area contributed by atoms with Gasteiger partial charge in [-0.3, -0.25) is 14.9 Å². The van der Waals surface area contributed by atoms with Crippen LogP contribution in [0.2, 0.25) is 0 Å². The minimum Gasteiger partial charge on any atom is -0.348 e. The first kappa shape index (κ1) is 15.1. The highest BCUT2D eigenvalue weighted by Crippen LogP contribution is 2.18. The van der Waals surface area contributed by atoms with Gasteiger partial charge in [-0.25, -0.2) is 0 Å². The van der Waals surface area contributed by atoms with Crippen molar-refractivity contribution in [1.82, 2.24) is 5.32 Å². The first-order chi connectivity index (χ1) is 8.99. The van der Waals surface area contributed by atoms with Crippen LogP contribution in [-0.4, -0.2) is 23.4 Å². The second kappa shape index (κ2) is 6.84. The van der Waals surface area contributed by atoms with Crippen LogP contribution in [0.3, 0.4) is 0 Å². The van der Waals surface area contributed by atoms with Gasteiger partial charge < -0.3 is 11.1 Å². The average Bonchev–Trinajstić information content (AvgIpc) is 2.37. The number of amides is 1. The summed E-state index contributed by atoms with van der Waals surface area (Å²) in [4.78, 5) is 22.2. The van der Waals surface area contributed by atoms with Gasteiger partial charge in [0.15, 0.2) is 0 Å². The fourth-order valence-corrected chi connectivity index (χ4v) is 1.87. The summed E-state index contributed by atoms with van der Waals surface area (Å²) in [6.45, 7) is 4.01. The summed E-state index contributed by atoms with van der Waals surface area (Å²) >= 11 is 0. The second-order valence-corrected chi connectivity index (χ2v) is 4.45. The topological polar surface area (TPSA) is 98.3 Å². The lowest BCUT2D eigenvalue weighted by atomic mass is 10.1. The fourth-order valence-electron chi connectivity index (χ4n) is 1.87. The summed E-state index contributed by atoms with van der Waals surface area (Å²) in [6.07, 6.45) is 1.75. The highest BCUT2D eigenvalue weighted by Gasteiger charge is 2.15. The molecule has 1 rings (SSSR count). The Morgan fingerprint density at radius 3 is 2.68 bits per heavy atom. The highest BCUT2D eigenvalue weighted by atomic mass is 16.6. The average molecular weight is 265 g/mol. The van der Waals surface area contributed by atoms with Crippen LogP contribution in [-0.2, 0) is 0 Å². The molecule has 0 bridgehead atoms. The van der Waals surface area contributed by atoms with E-state index in [9.17, 15) is 14.9 Å². The van der Waals surface area contributed by atoms with E-state index in [1.165, 1.54) is 18.2 Å². The lowest BCUT2D eigenvalue weighted by molar-refractivity contribution is -0.385. The van der Waals surface area contributed by atoms with Gasteiger partial charge in [-0.15, -0.1) is 0 Å². The van der Waals surface area contributed by atoms with E-state index in [0.717, 1.165) is 12.8 Å². The molecule has 0 heterocycles. The van der Waals surface area contributed by atoms with E-state index in [-0.39, 0.29) is 17.6 Å². The second-order valence-electron chi connectivity index (χ2n) is 4.45. The molecule has 1 amide bonds. The summed E-state index contributed by atoms with van der Waals surface area (Å²) in [5, 5.41) is 13.5. The Morgan fingerprint density at radius 1 is 1.53 bits per heavy atom. The van der Waals surface area contributed by atoms with E-state index < -0.39 is 4.92 Å². The summed E-state index contributed by atoms with van der Waals surface area (Å²) in [6, 6.07) is 4.27. The van der Waals surface area contributed by atoms with Gasteiger partial charge in [0, 0.05) is 29.8 Å². The third kappa shape index (κ3) is 4.03. The molecule has 1 unspecified atom stereocenters. The molecule has 0 aliphatic heterocycles. The maximum atomic E-state index is 12.0. The van der Waals surface area contributed by atoms with E-state index in [1.54, 1.807) is 6.92 Å². The van der Waals surface area contributed by atoms with Crippen molar-refractivity contribution >= 4 is 11.6 Å². The van der Waals surface area contributed by atoms with Crippen molar-refractivity contribution in [1.29, 1.82) is 0 Å². The lowest BCUT2D eigenvalue weighted by Gasteiger charge is -2.16. The number of nitro benzene ring substituents is 1. The zero-order chi connectivity index (χ0) is 14.4. The molecule has 3 N–H and O–H groups in total. The molecule has 0 aliphatic rings. The molecular weight excluding hydrogens is 246 g/mol. The van der Waals surface area contributed by atoms with E-state index in [0.29, 0.717) is 17.7 Å². The summed E-state index contributed by atoms with van der Waals surface area (Å²) in [7, 11) is 0. The number of benzene rings is 1. The molecule has 0 aliphatic carbocycles. The molecule has 0 saturated heterocycles. The van der Waals surface area contributed by atoms with Crippen LogP contribution in [0, 0.1) is 17.0 Å². The maximum Gasteiger partial charge on any atom is 0.272 e. The summed E-state index contributed by atoms with van der Waals surface area (Å²) in [5.74, 6) is -0.248. The molecule has 104 valence electrons. The van der Waals surface area contributed by atoms with Gasteiger partial charge in [0.2, 0.25) is 0 Å². The summed E-state index contributed by atoms with van der Waals surface area (Å²) < 4.78 is 0. The minimum atomic E-state index is -0.462. The van der Waals surface area contributed by atoms with E-state index >= 15 is 0 Å². The largest absolute Gasteiger partial charge is 0.348 e. The van der Waals surface area contributed by atoms with Gasteiger partial charge in [0.25, 0.3) is 11.6 Å². The lowest BCUT2D eigenvalue weighted by Crippen LogP contribution is -2.40.